The van der Waals surface area contributed by atoms with Crippen LogP contribution in [0, 0.1) is 0 Å². The first-order valence-corrected chi connectivity index (χ1v) is 9.57. The van der Waals surface area contributed by atoms with Gasteiger partial charge in [0.2, 0.25) is 0 Å². The van der Waals surface area contributed by atoms with E-state index in [-0.39, 0.29) is 5.54 Å². The molecule has 0 amide bonds. The highest BCUT2D eigenvalue weighted by molar-refractivity contribution is 5.29. The van der Waals surface area contributed by atoms with Crippen LogP contribution in [0.1, 0.15) is 29.5 Å². The predicted octanol–water partition coefficient (Wildman–Crippen LogP) is 3.04. The maximum atomic E-state index is 6.33. The lowest BCUT2D eigenvalue weighted by Gasteiger charge is -2.50. The van der Waals surface area contributed by atoms with E-state index in [1.54, 1.807) is 0 Å². The van der Waals surface area contributed by atoms with Crippen molar-refractivity contribution >= 4 is 0 Å². The van der Waals surface area contributed by atoms with Gasteiger partial charge in [0.15, 0.2) is 0 Å². The summed E-state index contributed by atoms with van der Waals surface area (Å²) in [5.41, 5.74) is 10.9. The first-order chi connectivity index (χ1) is 12.3. The van der Waals surface area contributed by atoms with Gasteiger partial charge >= 0.3 is 0 Å². The van der Waals surface area contributed by atoms with Gasteiger partial charge in [0.05, 0.1) is 0 Å². The maximum absolute atomic E-state index is 6.33. The Bertz CT molecular complexity index is 689. The summed E-state index contributed by atoms with van der Waals surface area (Å²) in [6.45, 7) is 6.33. The molecule has 2 aliphatic rings. The van der Waals surface area contributed by atoms with Crippen molar-refractivity contribution in [3.05, 3.63) is 71.3 Å². The second-order valence-electron chi connectivity index (χ2n) is 7.63. The number of nitrogens with zero attached hydrogens (tertiary/aromatic N) is 2. The molecule has 3 nitrogen and oxygen atoms in total. The van der Waals surface area contributed by atoms with E-state index in [4.69, 9.17) is 5.73 Å². The molecule has 1 saturated heterocycles. The summed E-state index contributed by atoms with van der Waals surface area (Å²) in [6, 6.07) is 19.7. The van der Waals surface area contributed by atoms with Crippen molar-refractivity contribution in [3.63, 3.8) is 0 Å². The number of fused-ring (bicyclic) bond motifs is 1. The highest BCUT2D eigenvalue weighted by Gasteiger charge is 2.39. The van der Waals surface area contributed by atoms with Gasteiger partial charge in [-0.1, -0.05) is 54.6 Å². The monoisotopic (exact) mass is 335 g/mol. The van der Waals surface area contributed by atoms with Crippen molar-refractivity contribution in [2.24, 2.45) is 5.73 Å². The lowest BCUT2D eigenvalue weighted by atomic mass is 9.83. The number of piperidine rings is 1. The van der Waals surface area contributed by atoms with Gasteiger partial charge < -0.3 is 5.73 Å². The number of benzene rings is 2. The van der Waals surface area contributed by atoms with Crippen molar-refractivity contribution in [1.82, 2.24) is 9.80 Å². The fraction of sp³-hybridized carbons (Fsp3) is 0.455. The molecular weight excluding hydrogens is 306 g/mol. The minimum Gasteiger partial charge on any atom is -0.329 e. The number of likely N-dealkylation sites (tertiary alicyclic amines) is 1. The minimum atomic E-state index is 0.181. The normalized spacial score (nSPS) is 21.0. The molecule has 132 valence electrons. The third-order valence-electron chi connectivity index (χ3n) is 6.22. The van der Waals surface area contributed by atoms with Gasteiger partial charge in [-0.05, 0) is 36.0 Å². The Balaban J connectivity index is 1.42. The Morgan fingerprint density at radius 1 is 0.840 bits per heavy atom. The second kappa shape index (κ2) is 7.28. The van der Waals surface area contributed by atoms with E-state index in [0.717, 1.165) is 45.7 Å². The van der Waals surface area contributed by atoms with Crippen molar-refractivity contribution < 1.29 is 0 Å². The predicted molar refractivity (Wildman–Crippen MR) is 103 cm³/mol. The molecule has 0 saturated carbocycles. The van der Waals surface area contributed by atoms with Crippen LogP contribution in [0.5, 0.6) is 0 Å². The molecule has 2 N–H and O–H groups in total. The molecule has 0 bridgehead atoms. The molecule has 0 radical (unpaired) electrons. The summed E-state index contributed by atoms with van der Waals surface area (Å²) in [4.78, 5) is 5.26. The fourth-order valence-corrected chi connectivity index (χ4v) is 4.52. The van der Waals surface area contributed by atoms with E-state index in [2.05, 4.69) is 64.4 Å². The Morgan fingerprint density at radius 3 is 2.24 bits per heavy atom. The molecule has 0 spiro atoms. The summed E-state index contributed by atoms with van der Waals surface area (Å²) in [5, 5.41) is 0. The molecule has 0 atom stereocenters. The van der Waals surface area contributed by atoms with E-state index in [1.807, 2.05) is 0 Å². The molecule has 2 aromatic carbocycles. The van der Waals surface area contributed by atoms with E-state index < -0.39 is 0 Å². The highest BCUT2D eigenvalue weighted by Crippen LogP contribution is 2.33. The number of hydrogen-bond donors (Lipinski definition) is 1. The van der Waals surface area contributed by atoms with Crippen LogP contribution >= 0.6 is 0 Å². The largest absolute Gasteiger partial charge is 0.329 e. The number of hydrogen-bond acceptors (Lipinski definition) is 3. The van der Waals surface area contributed by atoms with E-state index in [1.165, 1.54) is 29.5 Å². The first kappa shape index (κ1) is 16.8. The molecule has 2 aromatic rings. The van der Waals surface area contributed by atoms with Crippen LogP contribution in [0.2, 0.25) is 0 Å². The topological polar surface area (TPSA) is 32.5 Å². The third-order valence-corrected chi connectivity index (χ3v) is 6.22. The van der Waals surface area contributed by atoms with Gasteiger partial charge in [0.1, 0.15) is 0 Å². The molecule has 2 aliphatic heterocycles. The van der Waals surface area contributed by atoms with Gasteiger partial charge in [0, 0.05) is 44.8 Å². The Hall–Kier alpha value is -1.68. The molecule has 0 unspecified atom stereocenters. The molecule has 3 heteroatoms. The average molecular weight is 335 g/mol. The van der Waals surface area contributed by atoms with Gasteiger partial charge in [0.25, 0.3) is 0 Å². The highest BCUT2D eigenvalue weighted by atomic mass is 15.2. The van der Waals surface area contributed by atoms with Crippen LogP contribution in [0.15, 0.2) is 54.6 Å². The van der Waals surface area contributed by atoms with Crippen LogP contribution in [0.3, 0.4) is 0 Å². The Morgan fingerprint density at radius 2 is 1.52 bits per heavy atom. The summed E-state index contributed by atoms with van der Waals surface area (Å²) in [5.74, 6) is 0. The van der Waals surface area contributed by atoms with Crippen LogP contribution in [0.25, 0.3) is 0 Å². The van der Waals surface area contributed by atoms with Gasteiger partial charge in [-0.15, -0.1) is 0 Å². The van der Waals surface area contributed by atoms with Gasteiger partial charge in [-0.2, -0.15) is 0 Å². The zero-order valence-electron chi connectivity index (χ0n) is 15.0. The zero-order valence-corrected chi connectivity index (χ0v) is 15.0. The van der Waals surface area contributed by atoms with Crippen molar-refractivity contribution in [1.29, 1.82) is 0 Å². The molecule has 1 fully saturated rings. The Kier molecular flexibility index (Phi) is 4.89. The lowest BCUT2D eigenvalue weighted by molar-refractivity contribution is 0.0149. The summed E-state index contributed by atoms with van der Waals surface area (Å²) in [7, 11) is 0. The first-order valence-electron chi connectivity index (χ1n) is 9.57. The zero-order chi connectivity index (χ0) is 17.1. The quantitative estimate of drug-likeness (QED) is 0.932. The standard InChI is InChI=1S/C22H29N3/c23-18-22(25-13-10-20-8-4-5-9-21(20)17-25)11-14-24(15-12-22)16-19-6-2-1-3-7-19/h1-9H,10-18,23H2. The number of nitrogens with two attached hydrogens (primary N) is 1. The molecular formula is C22H29N3. The van der Waals surface area contributed by atoms with Crippen LogP contribution in [-0.2, 0) is 19.5 Å². The maximum Gasteiger partial charge on any atom is 0.0359 e. The second-order valence-corrected chi connectivity index (χ2v) is 7.63. The van der Waals surface area contributed by atoms with Gasteiger partial charge in [-0.3, -0.25) is 9.80 Å². The minimum absolute atomic E-state index is 0.181. The summed E-state index contributed by atoms with van der Waals surface area (Å²) in [6.07, 6.45) is 3.52. The van der Waals surface area contributed by atoms with E-state index in [0.29, 0.717) is 0 Å². The van der Waals surface area contributed by atoms with Gasteiger partial charge in [-0.25, -0.2) is 0 Å². The van der Waals surface area contributed by atoms with Crippen LogP contribution in [0.4, 0.5) is 0 Å². The smallest absolute Gasteiger partial charge is 0.0359 e. The average Bonchev–Trinajstić information content (AvgIpc) is 2.69. The third kappa shape index (κ3) is 3.50. The molecule has 0 aromatic heterocycles. The SMILES string of the molecule is NCC1(N2CCc3ccccc3C2)CCN(Cc2ccccc2)CC1. The van der Waals surface area contributed by atoms with Crippen LogP contribution < -0.4 is 5.73 Å². The molecule has 4 rings (SSSR count). The van der Waals surface area contributed by atoms with E-state index in [9.17, 15) is 0 Å². The summed E-state index contributed by atoms with van der Waals surface area (Å²) >= 11 is 0. The molecule has 25 heavy (non-hydrogen) atoms. The number of rotatable bonds is 4. The summed E-state index contributed by atoms with van der Waals surface area (Å²) < 4.78 is 0. The van der Waals surface area contributed by atoms with Crippen molar-refractivity contribution in [2.75, 3.05) is 26.2 Å². The van der Waals surface area contributed by atoms with Crippen molar-refractivity contribution in [3.8, 4) is 0 Å². The fourth-order valence-electron chi connectivity index (χ4n) is 4.52. The van der Waals surface area contributed by atoms with Crippen LogP contribution in [-0.4, -0.2) is 41.5 Å². The molecule has 2 heterocycles. The van der Waals surface area contributed by atoms with E-state index >= 15 is 0 Å². The molecule has 0 aliphatic carbocycles. The lowest BCUT2D eigenvalue weighted by Crippen LogP contribution is -2.60. The van der Waals surface area contributed by atoms with Crippen molar-refractivity contribution in [2.45, 2.75) is 37.9 Å². The Labute approximate surface area is 151 Å².